The molecule has 1 N–H and O–H groups in total. The van der Waals surface area contributed by atoms with Gasteiger partial charge >= 0.3 is 0 Å². The molecular weight excluding hydrogens is 503 g/mol. The van der Waals surface area contributed by atoms with E-state index in [1.165, 1.54) is 12.1 Å². The van der Waals surface area contributed by atoms with Crippen molar-refractivity contribution in [2.45, 2.75) is 39.0 Å². The predicted octanol–water partition coefficient (Wildman–Crippen LogP) is 4.49. The summed E-state index contributed by atoms with van der Waals surface area (Å²) in [7, 11) is 1.64. The van der Waals surface area contributed by atoms with Gasteiger partial charge in [0.1, 0.15) is 11.6 Å². The molecule has 0 amide bonds. The number of halogens is 1. The molecule has 2 atom stereocenters. The second kappa shape index (κ2) is 12.6. The van der Waals surface area contributed by atoms with Crippen LogP contribution in [0.2, 0.25) is 0 Å². The lowest BCUT2D eigenvalue weighted by Crippen LogP contribution is -2.47. The highest BCUT2D eigenvalue weighted by molar-refractivity contribution is 6.00. The first-order valence-electron chi connectivity index (χ1n) is 12.8. The smallest absolute Gasteiger partial charge is 0.293 e. The monoisotopic (exact) mass is 536 g/mol. The molecule has 3 aliphatic rings. The van der Waals surface area contributed by atoms with E-state index in [-0.39, 0.29) is 18.3 Å². The van der Waals surface area contributed by atoms with Gasteiger partial charge in [-0.3, -0.25) is 4.79 Å². The molecule has 10 heteroatoms. The van der Waals surface area contributed by atoms with Crippen molar-refractivity contribution in [1.82, 2.24) is 14.5 Å². The summed E-state index contributed by atoms with van der Waals surface area (Å²) in [4.78, 5) is 21.5. The second-order valence-electron chi connectivity index (χ2n) is 9.17. The molecule has 1 fully saturated rings. The van der Waals surface area contributed by atoms with Crippen molar-refractivity contribution >= 4 is 18.0 Å². The molecular formula is C29H33FN4O5. The van der Waals surface area contributed by atoms with Crippen LogP contribution in [0.25, 0.3) is 5.70 Å². The molecule has 1 saturated heterocycles. The Morgan fingerprint density at radius 3 is 2.67 bits per heavy atom. The highest BCUT2D eigenvalue weighted by Crippen LogP contribution is 2.40. The lowest BCUT2D eigenvalue weighted by Gasteiger charge is -2.37. The predicted molar refractivity (Wildman–Crippen MR) is 144 cm³/mol. The van der Waals surface area contributed by atoms with E-state index in [4.69, 9.17) is 9.57 Å². The van der Waals surface area contributed by atoms with Crippen LogP contribution in [0.1, 0.15) is 37.9 Å². The van der Waals surface area contributed by atoms with Crippen LogP contribution in [0.15, 0.2) is 83.7 Å². The number of aromatic nitrogens is 2. The first-order valence-corrected chi connectivity index (χ1v) is 12.8. The molecule has 0 spiro atoms. The number of hydrogen-bond acceptors (Lipinski definition) is 8. The number of oxime groups is 1. The molecule has 0 saturated carbocycles. The maximum absolute atomic E-state index is 13.5. The topological polar surface area (TPSA) is 98.4 Å². The summed E-state index contributed by atoms with van der Waals surface area (Å²) >= 11 is 0. The van der Waals surface area contributed by atoms with E-state index < -0.39 is 5.72 Å². The summed E-state index contributed by atoms with van der Waals surface area (Å²) in [5.41, 5.74) is 2.64. The number of piperidine rings is 1. The fourth-order valence-corrected chi connectivity index (χ4v) is 4.66. The van der Waals surface area contributed by atoms with Crippen LogP contribution in [0.3, 0.4) is 0 Å². The lowest BCUT2D eigenvalue weighted by atomic mass is 9.94. The lowest BCUT2D eigenvalue weighted by molar-refractivity contribution is -0.128. The molecule has 3 heterocycles. The minimum absolute atomic E-state index is 0.0267. The Balaban J connectivity index is 0.000000648. The van der Waals surface area contributed by atoms with E-state index in [0.717, 1.165) is 42.1 Å². The van der Waals surface area contributed by atoms with E-state index in [2.05, 4.69) is 38.0 Å². The fourth-order valence-electron chi connectivity index (χ4n) is 4.66. The Bertz CT molecular complexity index is 1310. The number of rotatable bonds is 7. The van der Waals surface area contributed by atoms with Crippen molar-refractivity contribution in [3.8, 4) is 0 Å². The van der Waals surface area contributed by atoms with Crippen LogP contribution < -0.4 is 0 Å². The summed E-state index contributed by atoms with van der Waals surface area (Å²) in [6, 6.07) is 6.40. The summed E-state index contributed by atoms with van der Waals surface area (Å²) < 4.78 is 25.1. The number of imidazole rings is 1. The number of fused-ring (bicyclic) bond motifs is 1. The van der Waals surface area contributed by atoms with Gasteiger partial charge in [-0.05, 0) is 49.6 Å². The molecule has 1 aliphatic carbocycles. The third-order valence-electron chi connectivity index (χ3n) is 6.70. The Hall–Kier alpha value is -4.18. The fraction of sp³-hybridized carbons (Fsp3) is 0.345. The molecule has 1 aromatic carbocycles. The molecule has 9 nitrogen and oxygen atoms in total. The van der Waals surface area contributed by atoms with Crippen molar-refractivity contribution in [3.63, 3.8) is 0 Å². The number of allylic oxidation sites excluding steroid dienone is 6. The molecule has 2 unspecified atom stereocenters. The zero-order chi connectivity index (χ0) is 27.8. The number of amidine groups is 1. The minimum Gasteiger partial charge on any atom is -0.495 e. The number of carbonyl (C=O) groups excluding carboxylic acids is 1. The molecule has 39 heavy (non-hydrogen) atoms. The average Bonchev–Trinajstić information content (AvgIpc) is 3.51. The maximum Gasteiger partial charge on any atom is 0.293 e. The van der Waals surface area contributed by atoms with Crippen LogP contribution in [-0.2, 0) is 31.4 Å². The molecule has 2 aliphatic heterocycles. The highest BCUT2D eigenvalue weighted by Gasteiger charge is 2.45. The number of methoxy groups -OCH3 is 1. The molecule has 206 valence electrons. The minimum atomic E-state index is -0.762. The number of carbonyl (C=O) groups is 1. The van der Waals surface area contributed by atoms with Gasteiger partial charge in [0.05, 0.1) is 38.0 Å². The SMILES string of the molecule is CCOC=O.COC1=C(n2cnc(CO)c2)C=CC(/C=C2\CCCN3C2=NOC3(C)c2ccc(F)cc2)C=C1. The first kappa shape index (κ1) is 27.8. The number of benzene rings is 1. The Morgan fingerprint density at radius 2 is 2.03 bits per heavy atom. The number of aliphatic hydroxyl groups excluding tert-OH is 1. The van der Waals surface area contributed by atoms with Crippen LogP contribution >= 0.6 is 0 Å². The van der Waals surface area contributed by atoms with Crippen LogP contribution in [0.4, 0.5) is 4.39 Å². The second-order valence-corrected chi connectivity index (χ2v) is 9.17. The number of ether oxygens (including phenoxy) is 2. The van der Waals surface area contributed by atoms with Crippen molar-refractivity contribution in [1.29, 1.82) is 0 Å². The van der Waals surface area contributed by atoms with Gasteiger partial charge in [-0.25, -0.2) is 9.37 Å². The van der Waals surface area contributed by atoms with Gasteiger partial charge in [-0.2, -0.15) is 0 Å². The van der Waals surface area contributed by atoms with Crippen molar-refractivity contribution in [3.05, 3.63) is 95.6 Å². The first-order chi connectivity index (χ1) is 18.9. The van der Waals surface area contributed by atoms with Gasteiger partial charge in [-0.15, -0.1) is 0 Å². The molecule has 5 rings (SSSR count). The van der Waals surface area contributed by atoms with Gasteiger partial charge in [0, 0.05) is 31.1 Å². The van der Waals surface area contributed by atoms with Crippen molar-refractivity contribution in [2.75, 3.05) is 20.3 Å². The van der Waals surface area contributed by atoms with Crippen LogP contribution in [0.5, 0.6) is 0 Å². The van der Waals surface area contributed by atoms with Crippen molar-refractivity contribution < 1.29 is 28.6 Å². The maximum atomic E-state index is 13.5. The molecule has 0 radical (unpaired) electrons. The molecule has 2 aromatic rings. The number of aliphatic hydroxyl groups is 1. The van der Waals surface area contributed by atoms with Gasteiger partial charge in [0.2, 0.25) is 5.72 Å². The standard InChI is InChI=1S/C26H27FN4O3.C3H6O2/c1-26(20-7-9-21(27)10-8-20)31-13-3-4-19(25(31)29-34-26)14-18-5-11-23(24(33-2)12-6-18)30-15-22(16-32)28-17-30;1-2-5-3-4/h5-12,14-15,17-18,32H,3-4,13,16H2,1-2H3;3H,2H2,1H3/b19-14+;. The van der Waals surface area contributed by atoms with E-state index in [0.29, 0.717) is 24.5 Å². The third-order valence-corrected chi connectivity index (χ3v) is 6.70. The van der Waals surface area contributed by atoms with E-state index in [1.54, 1.807) is 38.7 Å². The van der Waals surface area contributed by atoms with Gasteiger partial charge in [0.15, 0.2) is 5.84 Å². The summed E-state index contributed by atoms with van der Waals surface area (Å²) in [6.45, 7) is 5.33. The Morgan fingerprint density at radius 1 is 1.26 bits per heavy atom. The quantitative estimate of drug-likeness (QED) is 0.521. The number of hydrogen-bond donors (Lipinski definition) is 1. The van der Waals surface area contributed by atoms with Crippen molar-refractivity contribution in [2.24, 2.45) is 11.1 Å². The van der Waals surface area contributed by atoms with Gasteiger partial charge in [-0.1, -0.05) is 35.5 Å². The zero-order valence-electron chi connectivity index (χ0n) is 22.3. The van der Waals surface area contributed by atoms with Gasteiger partial charge < -0.3 is 28.9 Å². The Kier molecular flexibility index (Phi) is 8.98. The summed E-state index contributed by atoms with van der Waals surface area (Å²) in [5.74, 6) is 1.28. The van der Waals surface area contributed by atoms with Crippen LogP contribution in [-0.4, -0.2) is 52.1 Å². The average molecular weight is 537 g/mol. The van der Waals surface area contributed by atoms with Crippen LogP contribution in [0, 0.1) is 11.7 Å². The normalized spacial score (nSPS) is 22.9. The molecule has 0 bridgehead atoms. The third kappa shape index (κ3) is 6.12. The van der Waals surface area contributed by atoms with E-state index >= 15 is 0 Å². The van der Waals surface area contributed by atoms with E-state index in [9.17, 15) is 14.3 Å². The summed E-state index contributed by atoms with van der Waals surface area (Å²) in [6.07, 6.45) is 15.6. The van der Waals surface area contributed by atoms with Gasteiger partial charge in [0.25, 0.3) is 6.47 Å². The molecule has 1 aromatic heterocycles. The highest BCUT2D eigenvalue weighted by atomic mass is 19.1. The van der Waals surface area contributed by atoms with E-state index in [1.807, 2.05) is 23.6 Å². The largest absolute Gasteiger partial charge is 0.495 e. The number of nitrogens with zero attached hydrogens (tertiary/aromatic N) is 4. The Labute approximate surface area is 227 Å². The zero-order valence-corrected chi connectivity index (χ0v) is 22.3. The summed E-state index contributed by atoms with van der Waals surface area (Å²) in [5, 5.41) is 13.8.